The molecule has 0 heterocycles. The SMILES string of the molecule is C.C.C.C.COC.COC(C)=O.CSC. The van der Waals surface area contributed by atoms with Crippen molar-refractivity contribution in [2.24, 2.45) is 0 Å². The maximum absolute atomic E-state index is 9.59. The van der Waals surface area contributed by atoms with Crippen molar-refractivity contribution in [3.63, 3.8) is 0 Å². The fourth-order valence-electron chi connectivity index (χ4n) is 0. The molecule has 0 N–H and O–H groups in total. The van der Waals surface area contributed by atoms with Crippen LogP contribution in [-0.2, 0) is 14.3 Å². The number of thioether (sulfide) groups is 1. The summed E-state index contributed by atoms with van der Waals surface area (Å²) in [5.41, 5.74) is 0. The van der Waals surface area contributed by atoms with Crippen LogP contribution in [-0.4, -0.2) is 39.8 Å². The summed E-state index contributed by atoms with van der Waals surface area (Å²) in [4.78, 5) is 9.59. The van der Waals surface area contributed by atoms with Gasteiger partial charge in [0, 0.05) is 21.1 Å². The minimum absolute atomic E-state index is 0. The Hall–Kier alpha value is -0.220. The van der Waals surface area contributed by atoms with Crippen LogP contribution in [0.15, 0.2) is 0 Å². The maximum atomic E-state index is 9.59. The lowest BCUT2D eigenvalue weighted by Gasteiger charge is -1.80. The molecule has 0 fully saturated rings. The number of esters is 1. The standard InChI is InChI=1S/C3H6O2.C2H6O.C2H6S.4CH4/c1-3(4)5-2;2*1-3-2;;;;/h1-2H3;2*1-2H3;4*1H4. The molecule has 0 radical (unpaired) electrons. The molecule has 0 rings (SSSR count). The predicted molar refractivity (Wildman–Crippen MR) is 77.0 cm³/mol. The summed E-state index contributed by atoms with van der Waals surface area (Å²) in [6, 6.07) is 0. The molecule has 0 atom stereocenters. The quantitative estimate of drug-likeness (QED) is 0.606. The van der Waals surface area contributed by atoms with Crippen molar-refractivity contribution in [2.75, 3.05) is 33.8 Å². The van der Waals surface area contributed by atoms with E-state index in [9.17, 15) is 4.79 Å². The number of carbonyl (C=O) groups is 1. The Morgan fingerprint density at radius 2 is 1.00 bits per heavy atom. The molecule has 0 bridgehead atoms. The summed E-state index contributed by atoms with van der Waals surface area (Å²) in [6.45, 7) is 1.36. The van der Waals surface area contributed by atoms with Gasteiger partial charge in [-0.15, -0.1) is 0 Å². The van der Waals surface area contributed by atoms with Gasteiger partial charge >= 0.3 is 5.97 Å². The molecule has 0 aromatic carbocycles. The summed E-state index contributed by atoms with van der Waals surface area (Å²) < 4.78 is 8.36. The molecule has 15 heavy (non-hydrogen) atoms. The molecule has 0 aliphatic heterocycles. The van der Waals surface area contributed by atoms with Crippen molar-refractivity contribution >= 4 is 17.7 Å². The Labute approximate surface area is 103 Å². The first-order valence-corrected chi connectivity index (χ1v) is 4.58. The molecule has 0 saturated heterocycles. The molecule has 0 amide bonds. The molecule has 0 aliphatic rings. The molecule has 0 aromatic heterocycles. The van der Waals surface area contributed by atoms with Gasteiger partial charge in [0.2, 0.25) is 0 Å². The van der Waals surface area contributed by atoms with E-state index in [2.05, 4.69) is 9.47 Å². The highest BCUT2D eigenvalue weighted by atomic mass is 32.2. The molecular formula is C11H34O3S. The average Bonchev–Trinajstić information content (AvgIpc) is 1.91. The molecule has 0 unspecified atom stereocenters. The number of ether oxygens (including phenoxy) is 2. The zero-order valence-electron chi connectivity index (χ0n) is 8.13. The third-order valence-electron chi connectivity index (χ3n) is 0.287. The molecule has 3 nitrogen and oxygen atoms in total. The van der Waals surface area contributed by atoms with Gasteiger partial charge in [-0.3, -0.25) is 4.79 Å². The Balaban J connectivity index is -0.0000000117. The molecule has 0 saturated carbocycles. The number of hydrogen-bond acceptors (Lipinski definition) is 4. The third kappa shape index (κ3) is 604. The second-order valence-corrected chi connectivity index (χ2v) is 2.33. The van der Waals surface area contributed by atoms with E-state index in [1.165, 1.54) is 14.0 Å². The Morgan fingerprint density at radius 3 is 1.00 bits per heavy atom. The van der Waals surface area contributed by atoms with Crippen molar-refractivity contribution in [3.8, 4) is 0 Å². The van der Waals surface area contributed by atoms with Gasteiger partial charge < -0.3 is 9.47 Å². The van der Waals surface area contributed by atoms with E-state index >= 15 is 0 Å². The van der Waals surface area contributed by atoms with Gasteiger partial charge in [0.15, 0.2) is 0 Å². The molecule has 0 spiro atoms. The number of rotatable bonds is 0. The molecule has 0 aliphatic carbocycles. The number of hydrogen-bond donors (Lipinski definition) is 0. The van der Waals surface area contributed by atoms with Gasteiger partial charge in [0.25, 0.3) is 0 Å². The minimum atomic E-state index is -0.245. The largest absolute Gasteiger partial charge is 0.469 e. The van der Waals surface area contributed by atoms with Crippen LogP contribution in [0.2, 0.25) is 0 Å². The van der Waals surface area contributed by atoms with Crippen LogP contribution in [0.5, 0.6) is 0 Å². The minimum Gasteiger partial charge on any atom is -0.469 e. The van der Waals surface area contributed by atoms with Gasteiger partial charge in [-0.05, 0) is 12.5 Å². The average molecular weight is 246 g/mol. The Morgan fingerprint density at radius 1 is 0.933 bits per heavy atom. The van der Waals surface area contributed by atoms with Crippen molar-refractivity contribution in [3.05, 3.63) is 0 Å². The topological polar surface area (TPSA) is 35.5 Å². The lowest BCUT2D eigenvalue weighted by atomic mass is 10.8. The van der Waals surface area contributed by atoms with E-state index in [-0.39, 0.29) is 35.7 Å². The summed E-state index contributed by atoms with van der Waals surface area (Å²) >= 11 is 1.75. The van der Waals surface area contributed by atoms with E-state index in [0.29, 0.717) is 0 Å². The second-order valence-electron chi connectivity index (χ2n) is 1.51. The van der Waals surface area contributed by atoms with E-state index < -0.39 is 0 Å². The molecular weight excluding hydrogens is 212 g/mol. The lowest BCUT2D eigenvalue weighted by molar-refractivity contribution is -0.137. The monoisotopic (exact) mass is 246 g/mol. The fourth-order valence-corrected chi connectivity index (χ4v) is 0. The van der Waals surface area contributed by atoms with E-state index in [1.807, 2.05) is 12.5 Å². The Kier molecular flexibility index (Phi) is 208. The van der Waals surface area contributed by atoms with Crippen molar-refractivity contribution in [2.45, 2.75) is 36.6 Å². The molecule has 102 valence electrons. The van der Waals surface area contributed by atoms with E-state index in [1.54, 1.807) is 26.0 Å². The first kappa shape index (κ1) is 46.4. The highest BCUT2D eigenvalue weighted by Gasteiger charge is 1.75. The van der Waals surface area contributed by atoms with Gasteiger partial charge in [0.1, 0.15) is 0 Å². The van der Waals surface area contributed by atoms with Crippen LogP contribution in [0, 0.1) is 0 Å². The van der Waals surface area contributed by atoms with Crippen molar-refractivity contribution < 1.29 is 14.3 Å². The van der Waals surface area contributed by atoms with Crippen LogP contribution in [0.3, 0.4) is 0 Å². The lowest BCUT2D eigenvalue weighted by Crippen LogP contribution is -1.88. The predicted octanol–water partition coefficient (Wildman–Crippen LogP) is 3.97. The van der Waals surface area contributed by atoms with Crippen molar-refractivity contribution in [1.82, 2.24) is 0 Å². The van der Waals surface area contributed by atoms with Crippen LogP contribution < -0.4 is 0 Å². The van der Waals surface area contributed by atoms with Gasteiger partial charge in [-0.1, -0.05) is 29.7 Å². The van der Waals surface area contributed by atoms with Gasteiger partial charge in [-0.25, -0.2) is 0 Å². The van der Waals surface area contributed by atoms with Crippen LogP contribution in [0.4, 0.5) is 0 Å². The van der Waals surface area contributed by atoms with Crippen LogP contribution in [0.1, 0.15) is 36.6 Å². The normalized spacial score (nSPS) is 4.67. The third-order valence-corrected chi connectivity index (χ3v) is 0.287. The first-order valence-electron chi connectivity index (χ1n) is 2.95. The summed E-state index contributed by atoms with van der Waals surface area (Å²) in [7, 11) is 4.60. The smallest absolute Gasteiger partial charge is 0.302 e. The Bertz CT molecular complexity index is 66.9. The zero-order chi connectivity index (χ0) is 9.70. The highest BCUT2D eigenvalue weighted by molar-refractivity contribution is 7.97. The van der Waals surface area contributed by atoms with Crippen LogP contribution >= 0.6 is 11.8 Å². The van der Waals surface area contributed by atoms with Crippen LogP contribution in [0.25, 0.3) is 0 Å². The number of methoxy groups -OCH3 is 2. The first-order chi connectivity index (χ1) is 5.10. The van der Waals surface area contributed by atoms with E-state index in [0.717, 1.165) is 0 Å². The highest BCUT2D eigenvalue weighted by Crippen LogP contribution is 1.70. The zero-order valence-corrected chi connectivity index (χ0v) is 8.95. The summed E-state index contributed by atoms with van der Waals surface area (Å²) in [5, 5.41) is 0. The summed E-state index contributed by atoms with van der Waals surface area (Å²) in [5.74, 6) is -0.245. The number of carbonyl (C=O) groups excluding carboxylic acids is 1. The van der Waals surface area contributed by atoms with Gasteiger partial charge in [0.05, 0.1) is 7.11 Å². The van der Waals surface area contributed by atoms with E-state index in [4.69, 9.17) is 0 Å². The summed E-state index contributed by atoms with van der Waals surface area (Å²) in [6.07, 6.45) is 4.08. The van der Waals surface area contributed by atoms with Crippen molar-refractivity contribution in [1.29, 1.82) is 0 Å². The molecule has 4 heteroatoms. The van der Waals surface area contributed by atoms with Gasteiger partial charge in [-0.2, -0.15) is 11.8 Å². The second kappa shape index (κ2) is 67.4. The maximum Gasteiger partial charge on any atom is 0.302 e. The fraction of sp³-hybridized carbons (Fsp3) is 0.909. The molecule has 0 aromatic rings.